The smallest absolute Gasteiger partial charge is 0.231 e. The zero-order chi connectivity index (χ0) is 16.9. The van der Waals surface area contributed by atoms with Crippen LogP contribution in [0.4, 0.5) is 0 Å². The molecule has 1 aliphatic rings. The first-order valence-corrected chi connectivity index (χ1v) is 8.00. The highest BCUT2D eigenvalue weighted by Crippen LogP contribution is 2.34. The maximum absolute atomic E-state index is 12.2. The second-order valence-corrected chi connectivity index (χ2v) is 6.06. The van der Waals surface area contributed by atoms with E-state index in [2.05, 4.69) is 10.2 Å². The molecule has 0 spiro atoms. The van der Waals surface area contributed by atoms with Crippen LogP contribution in [0.2, 0.25) is 0 Å². The summed E-state index contributed by atoms with van der Waals surface area (Å²) in [4.78, 5) is 14.3. The maximum Gasteiger partial charge on any atom is 0.231 e. The second kappa shape index (κ2) is 7.36. The Bertz CT molecular complexity index is 701. The number of nitrogens with zero attached hydrogens (tertiary/aromatic N) is 1. The number of nitrogens with one attached hydrogen (secondary N) is 1. The molecule has 1 atom stereocenters. The van der Waals surface area contributed by atoms with Crippen molar-refractivity contribution in [3.8, 4) is 11.5 Å². The standard InChI is InChI=1S/C19H22N2O3/c1-21(2)16(15-8-9-17-18(11-15)24-13-23-17)12-20-19(22)10-14-6-4-3-5-7-14/h3-9,11,16H,10,12-13H2,1-2H3,(H,20,22). The fourth-order valence-corrected chi connectivity index (χ4v) is 2.77. The number of carbonyl (C=O) groups is 1. The molecule has 1 unspecified atom stereocenters. The van der Waals surface area contributed by atoms with Gasteiger partial charge in [-0.3, -0.25) is 4.79 Å². The van der Waals surface area contributed by atoms with E-state index in [1.165, 1.54) is 0 Å². The molecule has 1 heterocycles. The Balaban J connectivity index is 1.63. The summed E-state index contributed by atoms with van der Waals surface area (Å²) in [5.74, 6) is 1.55. The molecule has 2 aromatic rings. The Hall–Kier alpha value is -2.53. The van der Waals surface area contributed by atoms with Crippen molar-refractivity contribution in [3.05, 3.63) is 59.7 Å². The van der Waals surface area contributed by atoms with Crippen LogP contribution in [-0.4, -0.2) is 38.2 Å². The third-order valence-corrected chi connectivity index (χ3v) is 4.10. The Morgan fingerprint density at radius 3 is 2.62 bits per heavy atom. The van der Waals surface area contributed by atoms with Crippen molar-refractivity contribution in [1.29, 1.82) is 0 Å². The average molecular weight is 326 g/mol. The Labute approximate surface area is 142 Å². The lowest BCUT2D eigenvalue weighted by Gasteiger charge is -2.25. The van der Waals surface area contributed by atoms with E-state index in [0.29, 0.717) is 13.0 Å². The number of hydrogen-bond donors (Lipinski definition) is 1. The van der Waals surface area contributed by atoms with Gasteiger partial charge < -0.3 is 19.7 Å². The number of fused-ring (bicyclic) bond motifs is 1. The van der Waals surface area contributed by atoms with E-state index in [1.54, 1.807) is 0 Å². The molecule has 0 saturated carbocycles. The molecule has 0 fully saturated rings. The van der Waals surface area contributed by atoms with E-state index in [-0.39, 0.29) is 18.7 Å². The summed E-state index contributed by atoms with van der Waals surface area (Å²) in [6.07, 6.45) is 0.391. The zero-order valence-electron chi connectivity index (χ0n) is 14.0. The molecule has 0 radical (unpaired) electrons. The molecule has 1 aliphatic heterocycles. The first-order chi connectivity index (χ1) is 11.6. The first kappa shape index (κ1) is 16.3. The quantitative estimate of drug-likeness (QED) is 0.885. The highest BCUT2D eigenvalue weighted by atomic mass is 16.7. The van der Waals surface area contributed by atoms with Gasteiger partial charge in [0.05, 0.1) is 12.5 Å². The molecule has 0 aliphatic carbocycles. The zero-order valence-corrected chi connectivity index (χ0v) is 14.0. The lowest BCUT2D eigenvalue weighted by atomic mass is 10.0. The van der Waals surface area contributed by atoms with E-state index in [1.807, 2.05) is 62.6 Å². The highest BCUT2D eigenvalue weighted by Gasteiger charge is 2.20. The predicted octanol–water partition coefficient (Wildman–Crippen LogP) is 2.38. The van der Waals surface area contributed by atoms with E-state index in [4.69, 9.17) is 9.47 Å². The van der Waals surface area contributed by atoms with Crippen LogP contribution in [-0.2, 0) is 11.2 Å². The van der Waals surface area contributed by atoms with Crippen LogP contribution in [0.3, 0.4) is 0 Å². The lowest BCUT2D eigenvalue weighted by Crippen LogP contribution is -2.35. The largest absolute Gasteiger partial charge is 0.454 e. The van der Waals surface area contributed by atoms with Crippen molar-refractivity contribution in [2.45, 2.75) is 12.5 Å². The number of ether oxygens (including phenoxy) is 2. The monoisotopic (exact) mass is 326 g/mol. The van der Waals surface area contributed by atoms with Gasteiger partial charge in [0, 0.05) is 6.54 Å². The van der Waals surface area contributed by atoms with Crippen molar-refractivity contribution in [2.75, 3.05) is 27.4 Å². The van der Waals surface area contributed by atoms with E-state index in [0.717, 1.165) is 22.6 Å². The molecule has 2 aromatic carbocycles. The molecule has 1 amide bonds. The van der Waals surface area contributed by atoms with Crippen molar-refractivity contribution < 1.29 is 14.3 Å². The van der Waals surface area contributed by atoms with Crippen LogP contribution in [0.5, 0.6) is 11.5 Å². The van der Waals surface area contributed by atoms with Gasteiger partial charge in [0.1, 0.15) is 0 Å². The van der Waals surface area contributed by atoms with E-state index in [9.17, 15) is 4.79 Å². The Morgan fingerprint density at radius 2 is 1.88 bits per heavy atom. The van der Waals surface area contributed by atoms with Crippen molar-refractivity contribution >= 4 is 5.91 Å². The SMILES string of the molecule is CN(C)C(CNC(=O)Cc1ccccc1)c1ccc2c(c1)OCO2. The van der Waals surface area contributed by atoms with Gasteiger partial charge >= 0.3 is 0 Å². The van der Waals surface area contributed by atoms with E-state index < -0.39 is 0 Å². The molecule has 5 nitrogen and oxygen atoms in total. The average Bonchev–Trinajstić information content (AvgIpc) is 3.03. The lowest BCUT2D eigenvalue weighted by molar-refractivity contribution is -0.120. The molecular formula is C19H22N2O3. The van der Waals surface area contributed by atoms with Gasteiger partial charge in [-0.05, 0) is 37.4 Å². The number of carbonyl (C=O) groups excluding carboxylic acids is 1. The van der Waals surface area contributed by atoms with Gasteiger partial charge in [-0.25, -0.2) is 0 Å². The fourth-order valence-electron chi connectivity index (χ4n) is 2.77. The number of benzene rings is 2. The molecule has 5 heteroatoms. The summed E-state index contributed by atoms with van der Waals surface area (Å²) in [7, 11) is 4.00. The Morgan fingerprint density at radius 1 is 1.12 bits per heavy atom. The molecule has 3 rings (SSSR count). The third-order valence-electron chi connectivity index (χ3n) is 4.10. The van der Waals surface area contributed by atoms with Crippen LogP contribution in [0, 0.1) is 0 Å². The fraction of sp³-hybridized carbons (Fsp3) is 0.316. The van der Waals surface area contributed by atoms with Crippen LogP contribution < -0.4 is 14.8 Å². The summed E-state index contributed by atoms with van der Waals surface area (Å²) >= 11 is 0. The summed E-state index contributed by atoms with van der Waals surface area (Å²) in [5, 5.41) is 3.03. The summed E-state index contributed by atoms with van der Waals surface area (Å²) in [5.41, 5.74) is 2.10. The van der Waals surface area contributed by atoms with Crippen LogP contribution >= 0.6 is 0 Å². The van der Waals surface area contributed by atoms with Gasteiger partial charge in [-0.15, -0.1) is 0 Å². The van der Waals surface area contributed by atoms with Crippen LogP contribution in [0.25, 0.3) is 0 Å². The number of hydrogen-bond acceptors (Lipinski definition) is 4. The minimum Gasteiger partial charge on any atom is -0.454 e. The molecule has 0 saturated heterocycles. The second-order valence-electron chi connectivity index (χ2n) is 6.06. The van der Waals surface area contributed by atoms with Gasteiger partial charge in [0.25, 0.3) is 0 Å². The third kappa shape index (κ3) is 3.86. The van der Waals surface area contributed by atoms with E-state index >= 15 is 0 Å². The van der Waals surface area contributed by atoms with Crippen LogP contribution in [0.1, 0.15) is 17.2 Å². The van der Waals surface area contributed by atoms with Crippen molar-refractivity contribution in [2.24, 2.45) is 0 Å². The maximum atomic E-state index is 12.2. The highest BCUT2D eigenvalue weighted by molar-refractivity contribution is 5.78. The van der Waals surface area contributed by atoms with Gasteiger partial charge in [-0.1, -0.05) is 36.4 Å². The molecule has 0 aromatic heterocycles. The summed E-state index contributed by atoms with van der Waals surface area (Å²) in [6, 6.07) is 15.7. The molecule has 0 bridgehead atoms. The molecule has 24 heavy (non-hydrogen) atoms. The minimum absolute atomic E-state index is 0.0220. The number of likely N-dealkylation sites (N-methyl/N-ethyl adjacent to an activating group) is 1. The number of rotatable bonds is 6. The van der Waals surface area contributed by atoms with Crippen LogP contribution in [0.15, 0.2) is 48.5 Å². The van der Waals surface area contributed by atoms with Gasteiger partial charge in [0.2, 0.25) is 12.7 Å². The minimum atomic E-state index is 0.0220. The normalized spacial score (nSPS) is 13.8. The first-order valence-electron chi connectivity index (χ1n) is 8.00. The summed E-state index contributed by atoms with van der Waals surface area (Å²) < 4.78 is 10.8. The number of amides is 1. The summed E-state index contributed by atoms with van der Waals surface area (Å²) in [6.45, 7) is 0.803. The topological polar surface area (TPSA) is 50.8 Å². The molecule has 126 valence electrons. The van der Waals surface area contributed by atoms with Crippen molar-refractivity contribution in [3.63, 3.8) is 0 Å². The molecule has 1 N–H and O–H groups in total. The van der Waals surface area contributed by atoms with Gasteiger partial charge in [-0.2, -0.15) is 0 Å². The molecular weight excluding hydrogens is 304 g/mol. The predicted molar refractivity (Wildman–Crippen MR) is 92.1 cm³/mol. The van der Waals surface area contributed by atoms with Gasteiger partial charge in [0.15, 0.2) is 11.5 Å². The Kier molecular flexibility index (Phi) is 5.01. The van der Waals surface area contributed by atoms with Crippen molar-refractivity contribution in [1.82, 2.24) is 10.2 Å².